The lowest BCUT2D eigenvalue weighted by molar-refractivity contribution is 0.00578. The Balaban J connectivity index is 1.55. The monoisotopic (exact) mass is 413 g/mol. The second-order valence-corrected chi connectivity index (χ2v) is 9.81. The molecule has 30 heavy (non-hydrogen) atoms. The molecule has 2 aliphatic rings. The van der Waals surface area contributed by atoms with Crippen LogP contribution < -0.4 is 5.46 Å². The van der Waals surface area contributed by atoms with E-state index in [0.717, 1.165) is 35.2 Å². The lowest BCUT2D eigenvalue weighted by Crippen LogP contribution is -2.41. The van der Waals surface area contributed by atoms with Crippen LogP contribution in [-0.4, -0.2) is 52.4 Å². The van der Waals surface area contributed by atoms with Crippen molar-refractivity contribution in [1.82, 2.24) is 14.9 Å². The van der Waals surface area contributed by atoms with Gasteiger partial charge in [0.25, 0.3) is 0 Å². The summed E-state index contributed by atoms with van der Waals surface area (Å²) in [6.45, 7) is 13.4. The summed E-state index contributed by atoms with van der Waals surface area (Å²) in [5.74, 6) is 1.12. The van der Waals surface area contributed by atoms with Crippen LogP contribution in [0, 0.1) is 5.92 Å². The average molecular weight is 413 g/mol. The van der Waals surface area contributed by atoms with Crippen LogP contribution in [0.25, 0.3) is 11.0 Å². The minimum atomic E-state index is -0.417. The van der Waals surface area contributed by atoms with E-state index in [2.05, 4.69) is 4.98 Å². The van der Waals surface area contributed by atoms with Crippen molar-refractivity contribution < 1.29 is 18.8 Å². The molecular formula is C22H32BN3O4. The van der Waals surface area contributed by atoms with Gasteiger partial charge in [-0.1, -0.05) is 19.9 Å². The van der Waals surface area contributed by atoms with Crippen molar-refractivity contribution in [3.05, 3.63) is 24.0 Å². The second kappa shape index (κ2) is 7.57. The Bertz CT molecular complexity index is 924. The minimum absolute atomic E-state index is 0.0858. The molecule has 1 amide bonds. The molecule has 1 unspecified atom stereocenters. The maximum Gasteiger partial charge on any atom is 0.494 e. The van der Waals surface area contributed by atoms with Gasteiger partial charge in [-0.25, -0.2) is 9.78 Å². The molecule has 0 saturated carbocycles. The summed E-state index contributed by atoms with van der Waals surface area (Å²) in [5.41, 5.74) is 1.97. The summed E-state index contributed by atoms with van der Waals surface area (Å²) < 4.78 is 17.8. The molecule has 1 aromatic carbocycles. The Morgan fingerprint density at radius 3 is 2.67 bits per heavy atom. The first-order valence-corrected chi connectivity index (χ1v) is 10.9. The highest BCUT2D eigenvalue weighted by molar-refractivity contribution is 6.62. The number of rotatable bonds is 4. The van der Waals surface area contributed by atoms with Crippen LogP contribution in [-0.2, 0) is 14.0 Å². The molecule has 2 aromatic rings. The normalized spacial score (nSPS) is 23.0. The van der Waals surface area contributed by atoms with Crippen LogP contribution in [0.1, 0.15) is 66.3 Å². The van der Waals surface area contributed by atoms with E-state index in [9.17, 15) is 4.79 Å². The number of hydrogen-bond acceptors (Lipinski definition) is 5. The van der Waals surface area contributed by atoms with Gasteiger partial charge in [0.2, 0.25) is 0 Å². The molecule has 4 rings (SSSR count). The average Bonchev–Trinajstić information content (AvgIpc) is 3.34. The van der Waals surface area contributed by atoms with Crippen LogP contribution in [0.3, 0.4) is 0 Å². The van der Waals surface area contributed by atoms with Gasteiger partial charge in [0.05, 0.1) is 34.9 Å². The fraction of sp³-hybridized carbons (Fsp3) is 0.636. The predicted octanol–water partition coefficient (Wildman–Crippen LogP) is 3.79. The van der Waals surface area contributed by atoms with Crippen molar-refractivity contribution in [2.45, 2.75) is 71.6 Å². The van der Waals surface area contributed by atoms with E-state index in [1.807, 2.05) is 59.7 Å². The number of nitrogens with one attached hydrogen (secondary N) is 1. The molecule has 0 spiro atoms. The maximum atomic E-state index is 12.5. The summed E-state index contributed by atoms with van der Waals surface area (Å²) >= 11 is 0. The highest BCUT2D eigenvalue weighted by Gasteiger charge is 2.51. The number of ether oxygens (including phenoxy) is 1. The number of benzene rings is 1. The number of fused-ring (bicyclic) bond motifs is 1. The summed E-state index contributed by atoms with van der Waals surface area (Å²) in [6, 6.07) is 5.92. The van der Waals surface area contributed by atoms with Gasteiger partial charge in [0, 0.05) is 6.54 Å². The van der Waals surface area contributed by atoms with Crippen LogP contribution >= 0.6 is 0 Å². The maximum absolute atomic E-state index is 12.5. The smallest absolute Gasteiger partial charge is 0.449 e. The second-order valence-electron chi connectivity index (χ2n) is 9.81. The number of amides is 1. The Morgan fingerprint density at radius 2 is 2.00 bits per heavy atom. The summed E-state index contributed by atoms with van der Waals surface area (Å²) in [6.07, 6.45) is 1.56. The number of carbonyl (C=O) groups is 1. The number of carbonyl (C=O) groups excluding carboxylic acids is 1. The van der Waals surface area contributed by atoms with Gasteiger partial charge in [-0.2, -0.15) is 0 Å². The standard InChI is InChI=1S/C22H32BN3O4/c1-14(2)13-28-20(27)26-11-7-8-18(26)19-24-16-10-9-15(12-17(16)25-19)23-29-21(3,4)22(5,6)30-23/h9-10,12,14,18H,7-8,11,13H2,1-6H3,(H,24,25). The van der Waals surface area contributed by atoms with E-state index in [1.54, 1.807) is 4.90 Å². The molecule has 0 radical (unpaired) electrons. The van der Waals surface area contributed by atoms with Crippen molar-refractivity contribution in [3.63, 3.8) is 0 Å². The molecule has 1 atom stereocenters. The Morgan fingerprint density at radius 1 is 1.30 bits per heavy atom. The van der Waals surface area contributed by atoms with Crippen LogP contribution in [0.2, 0.25) is 0 Å². The summed E-state index contributed by atoms with van der Waals surface area (Å²) in [5, 5.41) is 0. The Hall–Kier alpha value is -2.06. The summed E-state index contributed by atoms with van der Waals surface area (Å²) in [7, 11) is -0.417. The minimum Gasteiger partial charge on any atom is -0.449 e. The first-order chi connectivity index (χ1) is 14.1. The number of aromatic nitrogens is 2. The third-order valence-corrected chi connectivity index (χ3v) is 6.39. The highest BCUT2D eigenvalue weighted by atomic mass is 16.7. The van der Waals surface area contributed by atoms with Gasteiger partial charge in [-0.05, 0) is 64.1 Å². The number of aromatic amines is 1. The molecular weight excluding hydrogens is 381 g/mol. The molecule has 7 nitrogen and oxygen atoms in total. The zero-order valence-corrected chi connectivity index (χ0v) is 18.8. The van der Waals surface area contributed by atoms with E-state index in [4.69, 9.17) is 19.0 Å². The van der Waals surface area contributed by atoms with Gasteiger partial charge in [-0.3, -0.25) is 4.90 Å². The van der Waals surface area contributed by atoms with E-state index in [1.165, 1.54) is 0 Å². The fourth-order valence-electron chi connectivity index (χ4n) is 3.92. The molecule has 2 aliphatic heterocycles. The molecule has 162 valence electrons. The quantitative estimate of drug-likeness (QED) is 0.772. The molecule has 0 bridgehead atoms. The first-order valence-electron chi connectivity index (χ1n) is 10.9. The number of hydrogen-bond donors (Lipinski definition) is 1. The lowest BCUT2D eigenvalue weighted by atomic mass is 9.79. The van der Waals surface area contributed by atoms with Gasteiger partial charge >= 0.3 is 13.2 Å². The molecule has 8 heteroatoms. The molecule has 1 N–H and O–H groups in total. The van der Waals surface area contributed by atoms with E-state index in [-0.39, 0.29) is 23.3 Å². The van der Waals surface area contributed by atoms with Gasteiger partial charge < -0.3 is 19.0 Å². The Labute approximate surface area is 178 Å². The SMILES string of the molecule is CC(C)COC(=O)N1CCCC1c1nc2ccc(B3OC(C)(C)C(C)(C)O3)cc2[nH]1. The van der Waals surface area contributed by atoms with Gasteiger partial charge in [0.1, 0.15) is 5.82 Å². The largest absolute Gasteiger partial charge is 0.494 e. The molecule has 3 heterocycles. The van der Waals surface area contributed by atoms with Gasteiger partial charge in [-0.15, -0.1) is 0 Å². The van der Waals surface area contributed by atoms with Crippen LogP contribution in [0.5, 0.6) is 0 Å². The zero-order chi connectivity index (χ0) is 21.7. The van der Waals surface area contributed by atoms with Crippen LogP contribution in [0.4, 0.5) is 4.79 Å². The highest BCUT2D eigenvalue weighted by Crippen LogP contribution is 2.37. The van der Waals surface area contributed by atoms with Crippen molar-refractivity contribution >= 4 is 29.7 Å². The van der Waals surface area contributed by atoms with Crippen molar-refractivity contribution in [2.75, 3.05) is 13.2 Å². The van der Waals surface area contributed by atoms with E-state index < -0.39 is 7.12 Å². The topological polar surface area (TPSA) is 76.7 Å². The van der Waals surface area contributed by atoms with Crippen molar-refractivity contribution in [1.29, 1.82) is 0 Å². The number of likely N-dealkylation sites (tertiary alicyclic amines) is 1. The van der Waals surface area contributed by atoms with Crippen molar-refractivity contribution in [3.8, 4) is 0 Å². The first kappa shape index (κ1) is 21.2. The zero-order valence-electron chi connectivity index (χ0n) is 18.8. The fourth-order valence-corrected chi connectivity index (χ4v) is 3.92. The van der Waals surface area contributed by atoms with E-state index in [0.29, 0.717) is 19.1 Å². The van der Waals surface area contributed by atoms with Crippen molar-refractivity contribution in [2.24, 2.45) is 5.92 Å². The number of nitrogens with zero attached hydrogens (tertiary/aromatic N) is 2. The third-order valence-electron chi connectivity index (χ3n) is 6.39. The molecule has 2 fully saturated rings. The molecule has 0 aliphatic carbocycles. The molecule has 2 saturated heterocycles. The molecule has 1 aromatic heterocycles. The van der Waals surface area contributed by atoms with Crippen LogP contribution in [0.15, 0.2) is 18.2 Å². The number of imidazole rings is 1. The third kappa shape index (κ3) is 3.83. The summed E-state index contributed by atoms with van der Waals surface area (Å²) in [4.78, 5) is 22.5. The predicted molar refractivity (Wildman–Crippen MR) is 117 cm³/mol. The number of H-pyrrole nitrogens is 1. The Kier molecular flexibility index (Phi) is 5.35. The van der Waals surface area contributed by atoms with E-state index >= 15 is 0 Å². The van der Waals surface area contributed by atoms with Gasteiger partial charge in [0.15, 0.2) is 0 Å². The lowest BCUT2D eigenvalue weighted by Gasteiger charge is -2.32.